The van der Waals surface area contributed by atoms with Crippen LogP contribution in [0.15, 0.2) is 30.3 Å². The van der Waals surface area contributed by atoms with Crippen molar-refractivity contribution in [3.05, 3.63) is 35.9 Å². The van der Waals surface area contributed by atoms with E-state index in [1.54, 1.807) is 16.4 Å². The number of hydrogen-bond acceptors (Lipinski definition) is 3. The van der Waals surface area contributed by atoms with Gasteiger partial charge in [0.2, 0.25) is 10.0 Å². The Morgan fingerprint density at radius 3 is 2.45 bits per heavy atom. The summed E-state index contributed by atoms with van der Waals surface area (Å²) in [4.78, 5) is 12.1. The first kappa shape index (κ1) is 17.0. The zero-order chi connectivity index (χ0) is 16.0. The van der Waals surface area contributed by atoms with Gasteiger partial charge in [-0.25, -0.2) is 12.7 Å². The second-order valence-electron chi connectivity index (χ2n) is 5.68. The third-order valence-corrected chi connectivity index (χ3v) is 5.93. The topological polar surface area (TPSA) is 66.5 Å². The van der Waals surface area contributed by atoms with Gasteiger partial charge in [0.1, 0.15) is 0 Å². The van der Waals surface area contributed by atoms with Crippen LogP contribution >= 0.6 is 0 Å². The van der Waals surface area contributed by atoms with Crippen molar-refractivity contribution < 1.29 is 13.2 Å². The van der Waals surface area contributed by atoms with Crippen molar-refractivity contribution >= 4 is 15.9 Å². The first-order valence-corrected chi connectivity index (χ1v) is 9.47. The Morgan fingerprint density at radius 1 is 1.23 bits per heavy atom. The number of carbonyl (C=O) groups excluding carboxylic acids is 1. The summed E-state index contributed by atoms with van der Waals surface area (Å²) in [5.41, 5.74) is 0.639. The molecule has 0 unspecified atom stereocenters. The van der Waals surface area contributed by atoms with Gasteiger partial charge in [-0.1, -0.05) is 31.5 Å². The van der Waals surface area contributed by atoms with E-state index in [2.05, 4.69) is 5.32 Å². The number of sulfonamides is 1. The van der Waals surface area contributed by atoms with E-state index in [9.17, 15) is 13.2 Å². The Kier molecular flexibility index (Phi) is 5.97. The van der Waals surface area contributed by atoms with Crippen molar-refractivity contribution in [2.75, 3.05) is 18.8 Å². The Morgan fingerprint density at radius 2 is 1.86 bits per heavy atom. The molecule has 2 rings (SSSR count). The van der Waals surface area contributed by atoms with E-state index in [4.69, 9.17) is 0 Å². The molecule has 1 fully saturated rings. The fourth-order valence-corrected chi connectivity index (χ4v) is 4.27. The van der Waals surface area contributed by atoms with Crippen LogP contribution < -0.4 is 5.32 Å². The molecule has 1 aromatic rings. The van der Waals surface area contributed by atoms with Crippen LogP contribution in [0.2, 0.25) is 0 Å². The molecule has 0 bridgehead atoms. The van der Waals surface area contributed by atoms with E-state index in [0.29, 0.717) is 37.9 Å². The minimum Gasteiger partial charge on any atom is -0.349 e. The quantitative estimate of drug-likeness (QED) is 0.870. The van der Waals surface area contributed by atoms with Crippen molar-refractivity contribution in [2.45, 2.75) is 38.6 Å². The number of benzene rings is 1. The summed E-state index contributed by atoms with van der Waals surface area (Å²) in [6.07, 6.45) is 2.92. The molecule has 0 aromatic heterocycles. The van der Waals surface area contributed by atoms with Crippen LogP contribution in [0.3, 0.4) is 0 Å². The average molecular weight is 324 g/mol. The molecule has 1 saturated heterocycles. The highest BCUT2D eigenvalue weighted by Gasteiger charge is 2.28. The van der Waals surface area contributed by atoms with Gasteiger partial charge in [0.15, 0.2) is 0 Å². The van der Waals surface area contributed by atoms with E-state index >= 15 is 0 Å². The molecule has 0 aliphatic carbocycles. The predicted octanol–water partition coefficient (Wildman–Crippen LogP) is 2.01. The fraction of sp³-hybridized carbons (Fsp3) is 0.562. The summed E-state index contributed by atoms with van der Waals surface area (Å²) in [7, 11) is -3.13. The van der Waals surface area contributed by atoms with Gasteiger partial charge in [0.05, 0.1) is 5.75 Å². The summed E-state index contributed by atoms with van der Waals surface area (Å²) < 4.78 is 25.8. The SMILES string of the molecule is CCCCS(=O)(=O)N1CCC(NC(=O)c2ccccc2)CC1. The number of piperidine rings is 1. The highest BCUT2D eigenvalue weighted by atomic mass is 32.2. The number of rotatable bonds is 6. The Hall–Kier alpha value is -1.40. The molecule has 1 amide bonds. The molecule has 1 aliphatic rings. The molecule has 1 heterocycles. The smallest absolute Gasteiger partial charge is 0.251 e. The standard InChI is InChI=1S/C16H24N2O3S/c1-2-3-13-22(20,21)18-11-9-15(10-12-18)17-16(19)14-7-5-4-6-8-14/h4-8,15H,2-3,9-13H2,1H3,(H,17,19). The lowest BCUT2D eigenvalue weighted by Crippen LogP contribution is -2.47. The van der Waals surface area contributed by atoms with Gasteiger partial charge in [-0.15, -0.1) is 0 Å². The van der Waals surface area contributed by atoms with E-state index in [-0.39, 0.29) is 17.7 Å². The lowest BCUT2D eigenvalue weighted by molar-refractivity contribution is 0.0924. The van der Waals surface area contributed by atoms with Crippen LogP contribution in [0.1, 0.15) is 43.0 Å². The zero-order valence-corrected chi connectivity index (χ0v) is 13.8. The lowest BCUT2D eigenvalue weighted by atomic mass is 10.1. The number of hydrogen-bond donors (Lipinski definition) is 1. The number of nitrogens with one attached hydrogen (secondary N) is 1. The molecular weight excluding hydrogens is 300 g/mol. The van der Waals surface area contributed by atoms with Gasteiger partial charge in [0.25, 0.3) is 5.91 Å². The highest BCUT2D eigenvalue weighted by molar-refractivity contribution is 7.89. The monoisotopic (exact) mass is 324 g/mol. The third kappa shape index (κ3) is 4.55. The maximum Gasteiger partial charge on any atom is 0.251 e. The summed E-state index contributed by atoms with van der Waals surface area (Å²) in [6.45, 7) is 2.97. The molecule has 5 nitrogen and oxygen atoms in total. The molecule has 1 N–H and O–H groups in total. The van der Waals surface area contributed by atoms with Crippen molar-refractivity contribution in [1.82, 2.24) is 9.62 Å². The highest BCUT2D eigenvalue weighted by Crippen LogP contribution is 2.16. The van der Waals surface area contributed by atoms with Crippen LogP contribution in [0.5, 0.6) is 0 Å². The molecule has 0 saturated carbocycles. The normalized spacial score (nSPS) is 17.3. The lowest BCUT2D eigenvalue weighted by Gasteiger charge is -2.31. The molecule has 0 radical (unpaired) electrons. The summed E-state index contributed by atoms with van der Waals surface area (Å²) in [6, 6.07) is 9.14. The summed E-state index contributed by atoms with van der Waals surface area (Å²) in [5.74, 6) is 0.137. The molecule has 1 aromatic carbocycles. The van der Waals surface area contributed by atoms with Gasteiger partial charge in [0, 0.05) is 24.7 Å². The summed E-state index contributed by atoms with van der Waals surface area (Å²) in [5, 5.41) is 2.99. The van der Waals surface area contributed by atoms with E-state index in [1.165, 1.54) is 0 Å². The molecule has 22 heavy (non-hydrogen) atoms. The van der Waals surface area contributed by atoms with Crippen LogP contribution in [-0.4, -0.2) is 43.5 Å². The molecule has 1 aliphatic heterocycles. The Labute approximate surface area is 132 Å². The first-order valence-electron chi connectivity index (χ1n) is 7.86. The van der Waals surface area contributed by atoms with Gasteiger partial charge >= 0.3 is 0 Å². The van der Waals surface area contributed by atoms with Crippen molar-refractivity contribution in [2.24, 2.45) is 0 Å². The van der Waals surface area contributed by atoms with Crippen molar-refractivity contribution in [3.63, 3.8) is 0 Å². The molecule has 6 heteroatoms. The molecule has 122 valence electrons. The molecular formula is C16H24N2O3S. The van der Waals surface area contributed by atoms with Crippen molar-refractivity contribution in [3.8, 4) is 0 Å². The minimum absolute atomic E-state index is 0.0466. The van der Waals surface area contributed by atoms with Crippen LogP contribution in [0.4, 0.5) is 0 Å². The second-order valence-corrected chi connectivity index (χ2v) is 7.77. The predicted molar refractivity (Wildman–Crippen MR) is 87.2 cm³/mol. The second kappa shape index (κ2) is 7.74. The van der Waals surface area contributed by atoms with Gasteiger partial charge in [-0.05, 0) is 31.4 Å². The van der Waals surface area contributed by atoms with Gasteiger partial charge < -0.3 is 5.32 Å². The largest absolute Gasteiger partial charge is 0.349 e. The van der Waals surface area contributed by atoms with Gasteiger partial charge in [-0.2, -0.15) is 0 Å². The van der Waals surface area contributed by atoms with E-state index in [0.717, 1.165) is 6.42 Å². The maximum absolute atomic E-state index is 12.1. The summed E-state index contributed by atoms with van der Waals surface area (Å²) >= 11 is 0. The van der Waals surface area contributed by atoms with E-state index < -0.39 is 10.0 Å². The number of nitrogens with zero attached hydrogens (tertiary/aromatic N) is 1. The molecule has 0 atom stereocenters. The maximum atomic E-state index is 12.1. The number of carbonyl (C=O) groups is 1. The first-order chi connectivity index (χ1) is 10.5. The van der Waals surface area contributed by atoms with Crippen molar-refractivity contribution in [1.29, 1.82) is 0 Å². The Balaban J connectivity index is 1.84. The third-order valence-electron chi connectivity index (χ3n) is 3.97. The number of amides is 1. The van der Waals surface area contributed by atoms with Gasteiger partial charge in [-0.3, -0.25) is 4.79 Å². The molecule has 0 spiro atoms. The van der Waals surface area contributed by atoms with E-state index in [1.807, 2.05) is 25.1 Å². The van der Waals surface area contributed by atoms with Crippen LogP contribution in [0.25, 0.3) is 0 Å². The fourth-order valence-electron chi connectivity index (χ4n) is 2.59. The minimum atomic E-state index is -3.13. The van der Waals surface area contributed by atoms with Crippen LogP contribution in [0, 0.1) is 0 Å². The Bertz CT molecular complexity index is 579. The number of unbranched alkanes of at least 4 members (excludes halogenated alkanes) is 1. The zero-order valence-electron chi connectivity index (χ0n) is 13.0. The average Bonchev–Trinajstić information content (AvgIpc) is 2.54. The van der Waals surface area contributed by atoms with Crippen LogP contribution in [-0.2, 0) is 10.0 Å².